The van der Waals surface area contributed by atoms with E-state index in [1.807, 2.05) is 13.2 Å². The second-order valence-corrected chi connectivity index (χ2v) is 6.83. The number of nitrogens with one attached hydrogen (secondary N) is 2. The third-order valence-electron chi connectivity index (χ3n) is 3.98. The molecule has 2 N–H and O–H groups in total. The predicted octanol–water partition coefficient (Wildman–Crippen LogP) is 1.71. The van der Waals surface area contributed by atoms with Crippen LogP contribution in [-0.2, 0) is 13.0 Å². The summed E-state index contributed by atoms with van der Waals surface area (Å²) in [5, 5.41) is 7.91. The molecule has 118 valence electrons. The van der Waals surface area contributed by atoms with Crippen LogP contribution in [0.15, 0.2) is 11.2 Å². The van der Waals surface area contributed by atoms with Crippen molar-refractivity contribution in [2.75, 3.05) is 33.7 Å². The van der Waals surface area contributed by atoms with Gasteiger partial charge in [-0.2, -0.15) is 0 Å². The van der Waals surface area contributed by atoms with Crippen LogP contribution in [0.1, 0.15) is 29.7 Å². The Labute approximate surface area is 131 Å². The fourth-order valence-electron chi connectivity index (χ4n) is 2.48. The van der Waals surface area contributed by atoms with Gasteiger partial charge in [-0.25, -0.2) is 4.98 Å². The zero-order valence-electron chi connectivity index (χ0n) is 13.4. The molecule has 21 heavy (non-hydrogen) atoms. The zero-order chi connectivity index (χ0) is 15.1. The predicted molar refractivity (Wildman–Crippen MR) is 89.9 cm³/mol. The van der Waals surface area contributed by atoms with E-state index in [9.17, 15) is 0 Å². The molecule has 6 heteroatoms. The van der Waals surface area contributed by atoms with E-state index in [1.165, 1.54) is 30.8 Å². The molecule has 2 rings (SSSR count). The first-order valence-corrected chi connectivity index (χ1v) is 8.59. The van der Waals surface area contributed by atoms with Crippen LogP contribution in [0.2, 0.25) is 0 Å². The summed E-state index contributed by atoms with van der Waals surface area (Å²) in [6, 6.07) is 0. The molecule has 0 saturated carbocycles. The Morgan fingerprint density at radius 3 is 2.81 bits per heavy atom. The minimum atomic E-state index is 0.748. The summed E-state index contributed by atoms with van der Waals surface area (Å²) < 4.78 is 0. The second-order valence-electron chi connectivity index (χ2n) is 5.63. The highest BCUT2D eigenvalue weighted by Gasteiger charge is 2.16. The monoisotopic (exact) mass is 309 g/mol. The summed E-state index contributed by atoms with van der Waals surface area (Å²) in [5.74, 6) is 1.63. The fraction of sp³-hybridized carbons (Fsp3) is 0.733. The van der Waals surface area contributed by atoms with Crippen molar-refractivity contribution in [3.63, 3.8) is 0 Å². The first-order chi connectivity index (χ1) is 10.2. The van der Waals surface area contributed by atoms with Crippen molar-refractivity contribution in [3.8, 4) is 0 Å². The Morgan fingerprint density at radius 2 is 2.19 bits per heavy atom. The molecular weight excluding hydrogens is 282 g/mol. The van der Waals surface area contributed by atoms with E-state index in [1.54, 1.807) is 11.3 Å². The van der Waals surface area contributed by atoms with Gasteiger partial charge in [0.25, 0.3) is 0 Å². The van der Waals surface area contributed by atoms with Gasteiger partial charge in [-0.15, -0.1) is 11.3 Å². The highest BCUT2D eigenvalue weighted by Crippen LogP contribution is 2.15. The quantitative estimate of drug-likeness (QED) is 0.642. The molecule has 0 aliphatic carbocycles. The average Bonchev–Trinajstić information content (AvgIpc) is 2.97. The number of thiazole rings is 1. The third-order valence-corrected chi connectivity index (χ3v) is 5.12. The van der Waals surface area contributed by atoms with Gasteiger partial charge in [-0.05, 0) is 45.3 Å². The normalized spacial score (nSPS) is 18.0. The van der Waals surface area contributed by atoms with Crippen LogP contribution in [-0.4, -0.2) is 49.6 Å². The highest BCUT2D eigenvalue weighted by atomic mass is 32.1. The van der Waals surface area contributed by atoms with Crippen LogP contribution in [0.25, 0.3) is 0 Å². The number of aliphatic imine (C=N–C) groups is 1. The Morgan fingerprint density at radius 1 is 1.43 bits per heavy atom. The average molecular weight is 309 g/mol. The lowest BCUT2D eigenvalue weighted by Gasteiger charge is -2.29. The van der Waals surface area contributed by atoms with Gasteiger partial charge in [-0.1, -0.05) is 6.92 Å². The van der Waals surface area contributed by atoms with Crippen LogP contribution in [0, 0.1) is 5.92 Å². The molecule has 0 unspecified atom stereocenters. The molecule has 1 aliphatic heterocycles. The Hall–Kier alpha value is -1.14. The van der Waals surface area contributed by atoms with Crippen molar-refractivity contribution in [3.05, 3.63) is 16.1 Å². The Kier molecular flexibility index (Phi) is 6.45. The maximum Gasteiger partial charge on any atom is 0.191 e. The summed E-state index contributed by atoms with van der Waals surface area (Å²) in [4.78, 5) is 12.4. The minimum Gasteiger partial charge on any atom is -0.356 e. The van der Waals surface area contributed by atoms with E-state index < -0.39 is 0 Å². The maximum atomic E-state index is 4.42. The molecule has 1 aliphatic rings. The lowest BCUT2D eigenvalue weighted by atomic mass is 9.97. The van der Waals surface area contributed by atoms with Gasteiger partial charge >= 0.3 is 0 Å². The van der Waals surface area contributed by atoms with Gasteiger partial charge in [-0.3, -0.25) is 4.99 Å². The molecule has 1 fully saturated rings. The number of likely N-dealkylation sites (tertiary alicyclic amines) is 1. The van der Waals surface area contributed by atoms with Crippen molar-refractivity contribution < 1.29 is 0 Å². The molecule has 0 amide bonds. The molecule has 1 aromatic heterocycles. The van der Waals surface area contributed by atoms with Gasteiger partial charge in [0, 0.05) is 24.7 Å². The van der Waals surface area contributed by atoms with Gasteiger partial charge in [0.15, 0.2) is 5.96 Å². The van der Waals surface area contributed by atoms with E-state index in [0.29, 0.717) is 0 Å². The summed E-state index contributed by atoms with van der Waals surface area (Å²) >= 11 is 1.77. The highest BCUT2D eigenvalue weighted by molar-refractivity contribution is 7.11. The molecule has 1 aromatic rings. The molecule has 1 saturated heterocycles. The maximum absolute atomic E-state index is 4.42. The number of rotatable bonds is 5. The van der Waals surface area contributed by atoms with Gasteiger partial charge in [0.2, 0.25) is 0 Å². The number of aromatic nitrogens is 1. The van der Waals surface area contributed by atoms with Crippen LogP contribution in [0.5, 0.6) is 0 Å². The molecule has 5 nitrogen and oxygen atoms in total. The SMILES string of the molecule is CCc1cnc(CNC(=NC)NCC2CCN(C)CC2)s1. The van der Waals surface area contributed by atoms with Crippen LogP contribution < -0.4 is 10.6 Å². The fourth-order valence-corrected chi connectivity index (χ4v) is 3.28. The number of nitrogens with zero attached hydrogens (tertiary/aromatic N) is 3. The molecular formula is C15H27N5S. The van der Waals surface area contributed by atoms with Crippen molar-refractivity contribution in [1.29, 1.82) is 0 Å². The summed E-state index contributed by atoms with van der Waals surface area (Å²) in [6.45, 7) is 6.32. The summed E-state index contributed by atoms with van der Waals surface area (Å²) in [5.41, 5.74) is 0. The van der Waals surface area contributed by atoms with Crippen molar-refractivity contribution >= 4 is 17.3 Å². The molecule has 0 aromatic carbocycles. The molecule has 0 radical (unpaired) electrons. The Balaban J connectivity index is 1.70. The largest absolute Gasteiger partial charge is 0.356 e. The number of hydrogen-bond acceptors (Lipinski definition) is 4. The number of aryl methyl sites for hydroxylation is 1. The van der Waals surface area contributed by atoms with Crippen LogP contribution >= 0.6 is 11.3 Å². The minimum absolute atomic E-state index is 0.748. The third kappa shape index (κ3) is 5.28. The first-order valence-electron chi connectivity index (χ1n) is 7.78. The standard InChI is InChI=1S/C15H27N5S/c1-4-13-10-17-14(21-13)11-19-15(16-2)18-9-12-5-7-20(3)8-6-12/h10,12H,4-9,11H2,1-3H3,(H2,16,18,19). The first kappa shape index (κ1) is 16.2. The molecule has 2 heterocycles. The lowest BCUT2D eigenvalue weighted by Crippen LogP contribution is -2.41. The number of piperidine rings is 1. The lowest BCUT2D eigenvalue weighted by molar-refractivity contribution is 0.220. The summed E-state index contributed by atoms with van der Waals surface area (Å²) in [7, 11) is 4.02. The van der Waals surface area contributed by atoms with Crippen molar-refractivity contribution in [2.45, 2.75) is 32.7 Å². The van der Waals surface area contributed by atoms with E-state index in [-0.39, 0.29) is 0 Å². The van der Waals surface area contributed by atoms with Gasteiger partial charge < -0.3 is 15.5 Å². The summed E-state index contributed by atoms with van der Waals surface area (Å²) in [6.07, 6.45) is 5.57. The smallest absolute Gasteiger partial charge is 0.191 e. The van der Waals surface area contributed by atoms with E-state index in [2.05, 4.69) is 39.5 Å². The second kappa shape index (κ2) is 8.34. The number of hydrogen-bond donors (Lipinski definition) is 2. The van der Waals surface area contributed by atoms with Gasteiger partial charge in [0.1, 0.15) is 5.01 Å². The Bertz CT molecular complexity index is 449. The van der Waals surface area contributed by atoms with E-state index in [0.717, 1.165) is 36.4 Å². The van der Waals surface area contributed by atoms with Gasteiger partial charge in [0.05, 0.1) is 6.54 Å². The molecule has 0 spiro atoms. The zero-order valence-corrected chi connectivity index (χ0v) is 14.2. The van der Waals surface area contributed by atoms with Crippen molar-refractivity contribution in [1.82, 2.24) is 20.5 Å². The van der Waals surface area contributed by atoms with E-state index in [4.69, 9.17) is 0 Å². The van der Waals surface area contributed by atoms with Crippen LogP contribution in [0.3, 0.4) is 0 Å². The van der Waals surface area contributed by atoms with Crippen molar-refractivity contribution in [2.24, 2.45) is 10.9 Å². The molecule has 0 atom stereocenters. The van der Waals surface area contributed by atoms with Crippen LogP contribution in [0.4, 0.5) is 0 Å². The van der Waals surface area contributed by atoms with E-state index >= 15 is 0 Å². The molecule has 0 bridgehead atoms. The topological polar surface area (TPSA) is 52.6 Å². The number of guanidine groups is 1.